The van der Waals surface area contributed by atoms with Crippen molar-refractivity contribution in [2.75, 3.05) is 6.61 Å². The van der Waals surface area contributed by atoms with Crippen molar-refractivity contribution in [2.24, 2.45) is 5.73 Å². The van der Waals surface area contributed by atoms with E-state index in [0.717, 1.165) is 0 Å². The van der Waals surface area contributed by atoms with Crippen molar-refractivity contribution in [1.82, 2.24) is 0 Å². The van der Waals surface area contributed by atoms with Crippen LogP contribution < -0.4 is 5.73 Å². The van der Waals surface area contributed by atoms with Crippen LogP contribution in [0, 0.1) is 0 Å². The molecule has 0 bridgehead atoms. The van der Waals surface area contributed by atoms with Crippen molar-refractivity contribution in [3.8, 4) is 0 Å². The number of aliphatic hydroxyl groups is 1. The van der Waals surface area contributed by atoms with Gasteiger partial charge in [0.05, 0.1) is 12.6 Å². The number of hydrogen-bond acceptors (Lipinski definition) is 5. The normalized spacial score (nSPS) is 16.7. The first-order valence-corrected chi connectivity index (χ1v) is 9.89. The summed E-state index contributed by atoms with van der Waals surface area (Å²) in [5, 5.41) is 9.20. The predicted octanol–water partition coefficient (Wildman–Crippen LogP) is 2.04. The van der Waals surface area contributed by atoms with Crippen LogP contribution in [0.5, 0.6) is 0 Å². The van der Waals surface area contributed by atoms with E-state index in [-0.39, 0.29) is 11.6 Å². The zero-order valence-corrected chi connectivity index (χ0v) is 15.1. The predicted molar refractivity (Wildman–Crippen MR) is 83.0 cm³/mol. The molecule has 1 unspecified atom stereocenters. The molecule has 0 aromatic heterocycles. The number of rotatable bonds is 5. The zero-order valence-electron chi connectivity index (χ0n) is 14.1. The first-order chi connectivity index (χ1) is 8.71. The Morgan fingerprint density at radius 2 is 1.65 bits per heavy atom. The second kappa shape index (κ2) is 6.55. The molecule has 0 radical (unpaired) electrons. The molecule has 0 aliphatic rings. The number of aliphatic hydroxyl groups excluding tert-OH is 1. The molecule has 0 spiro atoms. The fourth-order valence-electron chi connectivity index (χ4n) is 1.26. The lowest BCUT2D eigenvalue weighted by atomic mass is 10.1. The summed E-state index contributed by atoms with van der Waals surface area (Å²) < 4.78 is 11.4. The number of ether oxygens (including phenoxy) is 1. The molecule has 2 atom stereocenters. The third-order valence-corrected chi connectivity index (χ3v) is 7.92. The second-order valence-electron chi connectivity index (χ2n) is 7.68. The van der Waals surface area contributed by atoms with Gasteiger partial charge in [0.1, 0.15) is 5.60 Å². The van der Waals surface area contributed by atoms with Crippen molar-refractivity contribution in [3.05, 3.63) is 0 Å². The summed E-state index contributed by atoms with van der Waals surface area (Å²) in [5.74, 6) is -0.510. The minimum atomic E-state index is -2.18. The quantitative estimate of drug-likeness (QED) is 0.600. The lowest BCUT2D eigenvalue weighted by Gasteiger charge is -2.40. The maximum absolute atomic E-state index is 12.2. The molecule has 0 aromatic rings. The number of nitrogens with two attached hydrogens (primary N) is 1. The minimum Gasteiger partial charge on any atom is -0.458 e. The molecule has 0 heterocycles. The van der Waals surface area contributed by atoms with Gasteiger partial charge in [0.25, 0.3) is 0 Å². The third kappa shape index (κ3) is 5.91. The molecule has 3 N–H and O–H groups in total. The van der Waals surface area contributed by atoms with Crippen LogP contribution in [-0.2, 0) is 14.0 Å². The highest BCUT2D eigenvalue weighted by atomic mass is 28.4. The monoisotopic (exact) mass is 305 g/mol. The fourth-order valence-corrected chi connectivity index (χ4v) is 2.52. The van der Waals surface area contributed by atoms with Gasteiger partial charge >= 0.3 is 5.97 Å². The standard InChI is InChI=1S/C14H31NO4Si/c1-13(2,3)18-12(17)11(10(15)9-16)19-20(7,8)14(4,5)6/h10-11,16H,9,15H2,1-8H3/t10-,11?/m0/s1. The molecule has 0 saturated carbocycles. The number of carbonyl (C=O) groups excluding carboxylic acids is 1. The summed E-state index contributed by atoms with van der Waals surface area (Å²) in [7, 11) is -2.18. The van der Waals surface area contributed by atoms with E-state index in [2.05, 4.69) is 20.8 Å². The topological polar surface area (TPSA) is 81.8 Å². The summed E-state index contributed by atoms with van der Waals surface area (Å²) >= 11 is 0. The summed E-state index contributed by atoms with van der Waals surface area (Å²) in [4.78, 5) is 12.2. The van der Waals surface area contributed by atoms with Crippen molar-refractivity contribution in [2.45, 2.75) is 77.4 Å². The van der Waals surface area contributed by atoms with Gasteiger partial charge in [0.15, 0.2) is 14.4 Å². The van der Waals surface area contributed by atoms with Gasteiger partial charge in [-0.15, -0.1) is 0 Å². The van der Waals surface area contributed by atoms with Crippen LogP contribution in [0.1, 0.15) is 41.5 Å². The van der Waals surface area contributed by atoms with E-state index in [9.17, 15) is 9.90 Å². The Kier molecular flexibility index (Phi) is 6.41. The van der Waals surface area contributed by atoms with E-state index in [1.807, 2.05) is 13.1 Å². The van der Waals surface area contributed by atoms with Gasteiger partial charge in [0, 0.05) is 0 Å². The Balaban J connectivity index is 5.15. The van der Waals surface area contributed by atoms with Crippen molar-refractivity contribution in [3.63, 3.8) is 0 Å². The van der Waals surface area contributed by atoms with Crippen LogP contribution in [-0.4, -0.2) is 43.7 Å². The fraction of sp³-hybridized carbons (Fsp3) is 0.929. The SMILES string of the molecule is CC(C)(C)OC(=O)C(O[Si](C)(C)C(C)(C)C)[C@@H](N)CO. The number of esters is 1. The molecular formula is C14H31NO4Si. The molecule has 0 saturated heterocycles. The van der Waals surface area contributed by atoms with Gasteiger partial charge < -0.3 is 20.0 Å². The highest BCUT2D eigenvalue weighted by molar-refractivity contribution is 6.74. The summed E-state index contributed by atoms with van der Waals surface area (Å²) in [6, 6.07) is -0.779. The lowest BCUT2D eigenvalue weighted by molar-refractivity contribution is -0.165. The molecule has 0 aliphatic carbocycles. The van der Waals surface area contributed by atoms with Gasteiger partial charge in [-0.05, 0) is 38.9 Å². The Morgan fingerprint density at radius 3 is 1.95 bits per heavy atom. The van der Waals surface area contributed by atoms with E-state index >= 15 is 0 Å². The van der Waals surface area contributed by atoms with Gasteiger partial charge in [-0.1, -0.05) is 20.8 Å². The zero-order chi connectivity index (χ0) is 16.4. The van der Waals surface area contributed by atoms with Gasteiger partial charge in [-0.2, -0.15) is 0 Å². The van der Waals surface area contributed by atoms with Gasteiger partial charge in [0.2, 0.25) is 0 Å². The first-order valence-electron chi connectivity index (χ1n) is 6.98. The average Bonchev–Trinajstić information content (AvgIpc) is 2.20. The molecule has 0 aromatic carbocycles. The van der Waals surface area contributed by atoms with E-state index in [1.54, 1.807) is 20.8 Å². The molecule has 5 nitrogen and oxygen atoms in total. The molecule has 0 amide bonds. The van der Waals surface area contributed by atoms with E-state index in [4.69, 9.17) is 14.9 Å². The average molecular weight is 305 g/mol. The van der Waals surface area contributed by atoms with E-state index in [0.29, 0.717) is 0 Å². The Bertz CT molecular complexity index is 331. The Hall–Kier alpha value is -0.433. The molecule has 6 heteroatoms. The summed E-state index contributed by atoms with van der Waals surface area (Å²) in [6.07, 6.45) is -0.930. The van der Waals surface area contributed by atoms with Crippen LogP contribution >= 0.6 is 0 Å². The van der Waals surface area contributed by atoms with Crippen molar-refractivity contribution < 1.29 is 19.1 Å². The van der Waals surface area contributed by atoms with Crippen LogP contribution in [0.15, 0.2) is 0 Å². The molecule has 120 valence electrons. The smallest absolute Gasteiger partial charge is 0.336 e. The summed E-state index contributed by atoms with van der Waals surface area (Å²) in [5.41, 5.74) is 5.22. The molecule has 0 rings (SSSR count). The first kappa shape index (κ1) is 19.6. The van der Waals surface area contributed by atoms with Gasteiger partial charge in [-0.3, -0.25) is 0 Å². The largest absolute Gasteiger partial charge is 0.458 e. The molecule has 20 heavy (non-hydrogen) atoms. The lowest BCUT2D eigenvalue weighted by Crippen LogP contribution is -2.54. The van der Waals surface area contributed by atoms with Crippen LogP contribution in [0.3, 0.4) is 0 Å². The second-order valence-corrected chi connectivity index (χ2v) is 12.4. The molecule has 0 fully saturated rings. The van der Waals surface area contributed by atoms with Crippen molar-refractivity contribution >= 4 is 14.3 Å². The highest BCUT2D eigenvalue weighted by Gasteiger charge is 2.43. The highest BCUT2D eigenvalue weighted by Crippen LogP contribution is 2.37. The Morgan fingerprint density at radius 1 is 1.20 bits per heavy atom. The molecule has 0 aliphatic heterocycles. The van der Waals surface area contributed by atoms with Crippen LogP contribution in [0.2, 0.25) is 18.1 Å². The maximum Gasteiger partial charge on any atom is 0.336 e. The van der Waals surface area contributed by atoms with Gasteiger partial charge in [-0.25, -0.2) is 4.79 Å². The van der Waals surface area contributed by atoms with E-state index in [1.165, 1.54) is 0 Å². The number of hydrogen-bond donors (Lipinski definition) is 2. The summed E-state index contributed by atoms with van der Waals surface area (Å²) in [6.45, 7) is 15.4. The maximum atomic E-state index is 12.2. The van der Waals surface area contributed by atoms with Crippen LogP contribution in [0.25, 0.3) is 0 Å². The third-order valence-electron chi connectivity index (χ3n) is 3.47. The van der Waals surface area contributed by atoms with Crippen LogP contribution in [0.4, 0.5) is 0 Å². The minimum absolute atomic E-state index is 0.0531. The molecular weight excluding hydrogens is 274 g/mol. The Labute approximate surface area is 124 Å². The number of carbonyl (C=O) groups is 1. The van der Waals surface area contributed by atoms with Crippen molar-refractivity contribution in [1.29, 1.82) is 0 Å². The van der Waals surface area contributed by atoms with E-state index < -0.39 is 32.0 Å².